The number of hydrogen-bond donors (Lipinski definition) is 1. The van der Waals surface area contributed by atoms with E-state index < -0.39 is 11.6 Å². The second-order valence-corrected chi connectivity index (χ2v) is 7.47. The van der Waals surface area contributed by atoms with Gasteiger partial charge in [0.05, 0.1) is 6.20 Å². The first kappa shape index (κ1) is 20.5. The van der Waals surface area contributed by atoms with Gasteiger partial charge in [-0.05, 0) is 68.2 Å². The van der Waals surface area contributed by atoms with E-state index in [1.54, 1.807) is 0 Å². The number of likely N-dealkylation sites (tertiary alicyclic amines) is 1. The van der Waals surface area contributed by atoms with Crippen LogP contribution in [0.3, 0.4) is 0 Å². The van der Waals surface area contributed by atoms with Crippen LogP contribution in [0.1, 0.15) is 12.8 Å². The molecule has 1 N–H and O–H groups in total. The summed E-state index contributed by atoms with van der Waals surface area (Å²) >= 11 is 0. The zero-order valence-electron chi connectivity index (χ0n) is 16.6. The summed E-state index contributed by atoms with van der Waals surface area (Å²) in [7, 11) is 0. The molecule has 30 heavy (non-hydrogen) atoms. The van der Waals surface area contributed by atoms with Crippen LogP contribution in [0, 0.1) is 17.6 Å². The highest BCUT2D eigenvalue weighted by molar-refractivity contribution is 5.62. The summed E-state index contributed by atoms with van der Waals surface area (Å²) < 4.78 is 39.2. The van der Waals surface area contributed by atoms with E-state index in [1.165, 1.54) is 24.4 Å². The molecule has 158 valence electrons. The maximum atomic E-state index is 13.9. The molecule has 7 heteroatoms. The van der Waals surface area contributed by atoms with Gasteiger partial charge in [0.25, 0.3) is 0 Å². The summed E-state index contributed by atoms with van der Waals surface area (Å²) in [6, 6.07) is 11.0. The minimum atomic E-state index is -0.715. The van der Waals surface area contributed by atoms with Gasteiger partial charge in [0.2, 0.25) is 5.89 Å². The molecular formula is C23H24F2N2O3. The van der Waals surface area contributed by atoms with E-state index in [4.69, 9.17) is 9.15 Å². The average Bonchev–Trinajstić information content (AvgIpc) is 3.24. The molecule has 2 heterocycles. The Morgan fingerprint density at radius 3 is 2.43 bits per heavy atom. The Hall–Kier alpha value is -2.77. The molecule has 0 unspecified atom stereocenters. The smallest absolute Gasteiger partial charge is 0.232 e. The third kappa shape index (κ3) is 4.68. The number of aliphatic hydroxyl groups is 1. The number of hydrogen-bond acceptors (Lipinski definition) is 5. The lowest BCUT2D eigenvalue weighted by atomic mass is 9.98. The molecule has 1 saturated heterocycles. The SMILES string of the molecule is OCC1CCN(CCOc2ccc(-c3cnc(-c4c(F)cccc4F)o3)cc2)CC1. The fraction of sp³-hybridized carbons (Fsp3) is 0.348. The van der Waals surface area contributed by atoms with Crippen LogP contribution in [0.4, 0.5) is 8.78 Å². The number of rotatable bonds is 7. The number of aromatic nitrogens is 1. The second-order valence-electron chi connectivity index (χ2n) is 7.47. The van der Waals surface area contributed by atoms with Gasteiger partial charge in [-0.15, -0.1) is 0 Å². The first-order valence-electron chi connectivity index (χ1n) is 10.1. The van der Waals surface area contributed by atoms with E-state index in [1.807, 2.05) is 24.3 Å². The Morgan fingerprint density at radius 2 is 1.77 bits per heavy atom. The van der Waals surface area contributed by atoms with Gasteiger partial charge in [0.15, 0.2) is 5.76 Å². The first-order valence-corrected chi connectivity index (χ1v) is 10.1. The Kier molecular flexibility index (Phi) is 6.40. The van der Waals surface area contributed by atoms with Crippen LogP contribution >= 0.6 is 0 Å². The Morgan fingerprint density at radius 1 is 1.07 bits per heavy atom. The quantitative estimate of drug-likeness (QED) is 0.622. The van der Waals surface area contributed by atoms with Gasteiger partial charge >= 0.3 is 0 Å². The normalized spacial score (nSPS) is 15.4. The summed E-state index contributed by atoms with van der Waals surface area (Å²) in [5.41, 5.74) is 0.468. The molecule has 4 rings (SSSR count). The van der Waals surface area contributed by atoms with Crippen LogP contribution < -0.4 is 4.74 Å². The predicted molar refractivity (Wildman–Crippen MR) is 109 cm³/mol. The van der Waals surface area contributed by atoms with Crippen LogP contribution in [-0.2, 0) is 0 Å². The molecule has 0 radical (unpaired) electrons. The highest BCUT2D eigenvalue weighted by Gasteiger charge is 2.19. The van der Waals surface area contributed by atoms with E-state index in [0.29, 0.717) is 18.3 Å². The summed E-state index contributed by atoms with van der Waals surface area (Å²) in [5.74, 6) is 0.0717. The minimum Gasteiger partial charge on any atom is -0.492 e. The molecule has 1 fully saturated rings. The monoisotopic (exact) mass is 414 g/mol. The van der Waals surface area contributed by atoms with Crippen LogP contribution in [-0.4, -0.2) is 47.8 Å². The van der Waals surface area contributed by atoms with Gasteiger partial charge < -0.3 is 14.3 Å². The minimum absolute atomic E-state index is 0.0918. The van der Waals surface area contributed by atoms with Gasteiger partial charge in [-0.1, -0.05) is 6.07 Å². The number of aliphatic hydroxyl groups excluding tert-OH is 1. The van der Waals surface area contributed by atoms with Crippen LogP contribution in [0.5, 0.6) is 5.75 Å². The maximum absolute atomic E-state index is 13.9. The van der Waals surface area contributed by atoms with Gasteiger partial charge in [-0.25, -0.2) is 13.8 Å². The largest absolute Gasteiger partial charge is 0.492 e. The number of nitrogens with zero attached hydrogens (tertiary/aromatic N) is 2. The molecular weight excluding hydrogens is 390 g/mol. The zero-order chi connectivity index (χ0) is 20.9. The number of halogens is 2. The summed E-state index contributed by atoms with van der Waals surface area (Å²) in [6.07, 6.45) is 3.51. The Bertz CT molecular complexity index is 947. The molecule has 0 amide bonds. The molecule has 0 atom stereocenters. The number of piperidine rings is 1. The molecule has 0 spiro atoms. The Balaban J connectivity index is 1.34. The lowest BCUT2D eigenvalue weighted by Gasteiger charge is -2.30. The van der Waals surface area contributed by atoms with Crippen molar-refractivity contribution >= 4 is 0 Å². The van der Waals surface area contributed by atoms with Crippen molar-refractivity contribution in [3.8, 4) is 28.5 Å². The Labute approximate surface area is 173 Å². The van der Waals surface area contributed by atoms with E-state index in [9.17, 15) is 13.9 Å². The number of benzene rings is 2. The van der Waals surface area contributed by atoms with Gasteiger partial charge in [0.1, 0.15) is 29.6 Å². The number of ether oxygens (including phenoxy) is 1. The molecule has 1 aliphatic heterocycles. The average molecular weight is 414 g/mol. The summed E-state index contributed by atoms with van der Waals surface area (Å²) in [4.78, 5) is 6.37. The third-order valence-electron chi connectivity index (χ3n) is 5.46. The molecule has 0 bridgehead atoms. The van der Waals surface area contributed by atoms with Gasteiger partial charge in [0, 0.05) is 18.7 Å². The molecule has 2 aromatic carbocycles. The van der Waals surface area contributed by atoms with Crippen molar-refractivity contribution in [2.75, 3.05) is 32.8 Å². The summed E-state index contributed by atoms with van der Waals surface area (Å²) in [5, 5.41) is 9.20. The predicted octanol–water partition coefficient (Wildman–Crippen LogP) is 4.37. The molecule has 1 aromatic heterocycles. The fourth-order valence-electron chi connectivity index (χ4n) is 3.63. The van der Waals surface area contributed by atoms with Gasteiger partial charge in [-0.2, -0.15) is 0 Å². The molecule has 0 saturated carbocycles. The zero-order valence-corrected chi connectivity index (χ0v) is 16.6. The van der Waals surface area contributed by atoms with Crippen molar-refractivity contribution in [2.24, 2.45) is 5.92 Å². The van der Waals surface area contributed by atoms with E-state index in [0.717, 1.165) is 43.8 Å². The fourth-order valence-corrected chi connectivity index (χ4v) is 3.63. The van der Waals surface area contributed by atoms with Crippen molar-refractivity contribution in [1.29, 1.82) is 0 Å². The summed E-state index contributed by atoms with van der Waals surface area (Å²) in [6.45, 7) is 3.69. The second kappa shape index (κ2) is 9.36. The van der Waals surface area contributed by atoms with Crippen molar-refractivity contribution in [3.63, 3.8) is 0 Å². The van der Waals surface area contributed by atoms with E-state index in [2.05, 4.69) is 9.88 Å². The van der Waals surface area contributed by atoms with Crippen molar-refractivity contribution in [1.82, 2.24) is 9.88 Å². The van der Waals surface area contributed by atoms with E-state index >= 15 is 0 Å². The van der Waals surface area contributed by atoms with Crippen molar-refractivity contribution in [2.45, 2.75) is 12.8 Å². The van der Waals surface area contributed by atoms with Gasteiger partial charge in [-0.3, -0.25) is 4.90 Å². The first-order chi connectivity index (χ1) is 14.6. The van der Waals surface area contributed by atoms with E-state index in [-0.39, 0.29) is 18.1 Å². The highest BCUT2D eigenvalue weighted by Crippen LogP contribution is 2.30. The lowest BCUT2D eigenvalue weighted by Crippen LogP contribution is -2.37. The molecule has 1 aliphatic rings. The molecule has 0 aliphatic carbocycles. The number of oxazole rings is 1. The van der Waals surface area contributed by atoms with Crippen LogP contribution in [0.15, 0.2) is 53.1 Å². The third-order valence-corrected chi connectivity index (χ3v) is 5.46. The topological polar surface area (TPSA) is 58.7 Å². The lowest BCUT2D eigenvalue weighted by molar-refractivity contribution is 0.119. The molecule has 3 aromatic rings. The standard InChI is InChI=1S/C23H24F2N2O3/c24-19-2-1-3-20(25)22(19)23-26-14-21(30-23)17-4-6-18(7-5-17)29-13-12-27-10-8-16(15-28)9-11-27/h1-7,14,16,28H,8-13,15H2. The van der Waals surface area contributed by atoms with Crippen LogP contribution in [0.2, 0.25) is 0 Å². The van der Waals surface area contributed by atoms with Crippen molar-refractivity contribution in [3.05, 3.63) is 60.3 Å². The molecule has 5 nitrogen and oxygen atoms in total. The van der Waals surface area contributed by atoms with Crippen LogP contribution in [0.25, 0.3) is 22.8 Å². The van der Waals surface area contributed by atoms with Crippen molar-refractivity contribution < 1.29 is 23.0 Å². The highest BCUT2D eigenvalue weighted by atomic mass is 19.1. The maximum Gasteiger partial charge on any atom is 0.232 e.